The van der Waals surface area contributed by atoms with Gasteiger partial charge in [-0.3, -0.25) is 9.59 Å². The highest BCUT2D eigenvalue weighted by Crippen LogP contribution is 2.66. The van der Waals surface area contributed by atoms with Gasteiger partial charge in [-0.25, -0.2) is 0 Å². The average Bonchev–Trinajstić information content (AvgIpc) is 2.91. The highest BCUT2D eigenvalue weighted by Gasteiger charge is 2.64. The molecule has 0 aliphatic heterocycles. The molecule has 0 bridgehead atoms. The summed E-state index contributed by atoms with van der Waals surface area (Å²) in [6.07, 6.45) is 7.12. The van der Waals surface area contributed by atoms with E-state index < -0.39 is 0 Å². The number of rotatable bonds is 1. The number of hydrogen-bond acceptors (Lipinski definition) is 4. The maximum Gasteiger partial charge on any atom is 0.309 e. The molecule has 0 unspecified atom stereocenters. The molecule has 0 radical (unpaired) electrons. The van der Waals surface area contributed by atoms with E-state index in [0.29, 0.717) is 30.0 Å². The lowest BCUT2D eigenvalue weighted by atomic mass is 9.44. The third-order valence-electron chi connectivity index (χ3n) is 8.81. The molecule has 0 saturated heterocycles. The van der Waals surface area contributed by atoms with E-state index in [-0.39, 0.29) is 34.7 Å². The smallest absolute Gasteiger partial charge is 0.309 e. The van der Waals surface area contributed by atoms with Gasteiger partial charge in [0.05, 0.1) is 19.1 Å². The molecule has 0 spiro atoms. The highest BCUT2D eigenvalue weighted by atomic mass is 16.5. The molecule has 4 rings (SSSR count). The van der Waals surface area contributed by atoms with E-state index in [0.717, 1.165) is 44.9 Å². The quantitative estimate of drug-likeness (QED) is 0.738. The topological polar surface area (TPSA) is 63.6 Å². The summed E-state index contributed by atoms with van der Waals surface area (Å²) in [6, 6.07) is 0. The Kier molecular flexibility index (Phi) is 4.06. The monoisotopic (exact) mass is 348 g/mol. The van der Waals surface area contributed by atoms with Crippen LogP contribution in [-0.2, 0) is 14.3 Å². The Hall–Kier alpha value is -0.900. The van der Waals surface area contributed by atoms with Crippen molar-refractivity contribution in [2.45, 2.75) is 71.3 Å². The third kappa shape index (κ3) is 2.35. The molecule has 4 nitrogen and oxygen atoms in total. The number of esters is 1. The van der Waals surface area contributed by atoms with E-state index in [2.05, 4.69) is 13.8 Å². The van der Waals surface area contributed by atoms with Gasteiger partial charge in [-0.05, 0) is 73.5 Å². The number of methoxy groups -OCH3 is 1. The van der Waals surface area contributed by atoms with Crippen molar-refractivity contribution in [3.05, 3.63) is 0 Å². The fraction of sp³-hybridized carbons (Fsp3) is 0.905. The van der Waals surface area contributed by atoms with Crippen LogP contribution in [0.15, 0.2) is 0 Å². The number of ether oxygens (including phenoxy) is 1. The second-order valence-electron chi connectivity index (χ2n) is 9.76. The van der Waals surface area contributed by atoms with Crippen molar-refractivity contribution >= 4 is 11.8 Å². The first kappa shape index (κ1) is 17.5. The Balaban J connectivity index is 1.66. The summed E-state index contributed by atoms with van der Waals surface area (Å²) in [5.74, 6) is 1.62. The SMILES string of the molecule is COC(=O)[C@H]1CC[C@H]2[C@@H]3CC[C@H]4C[C@H](O)CC[C@]4(C)[C@H]3C(=O)C[C@]12C. The molecule has 8 atom stereocenters. The molecule has 4 fully saturated rings. The summed E-state index contributed by atoms with van der Waals surface area (Å²) in [6.45, 7) is 4.48. The number of ketones is 1. The normalized spacial score (nSPS) is 52.1. The molecule has 25 heavy (non-hydrogen) atoms. The van der Waals surface area contributed by atoms with Crippen LogP contribution in [0.3, 0.4) is 0 Å². The minimum absolute atomic E-state index is 0.0455. The van der Waals surface area contributed by atoms with Gasteiger partial charge in [-0.1, -0.05) is 13.8 Å². The standard InChI is InChI=1S/C21H32O4/c1-20-9-8-13(22)10-12(20)4-5-14-15-6-7-16(19(24)25-3)21(15,2)11-17(23)18(14)20/h12-16,18,22H,4-11H2,1-3H3/t12-,13+,14-,15-,16+,18+,20-,21-/m0/s1. The van der Waals surface area contributed by atoms with E-state index >= 15 is 0 Å². The van der Waals surface area contributed by atoms with E-state index in [9.17, 15) is 14.7 Å². The fourth-order valence-electron chi connectivity index (χ4n) is 7.58. The van der Waals surface area contributed by atoms with Crippen molar-refractivity contribution in [3.8, 4) is 0 Å². The lowest BCUT2D eigenvalue weighted by Crippen LogP contribution is -2.58. The summed E-state index contributed by atoms with van der Waals surface area (Å²) in [7, 11) is 1.46. The van der Waals surface area contributed by atoms with Crippen LogP contribution in [-0.4, -0.2) is 30.1 Å². The lowest BCUT2D eigenvalue weighted by Gasteiger charge is -2.59. The first-order valence-corrected chi connectivity index (χ1v) is 10.1. The number of fused-ring (bicyclic) bond motifs is 5. The number of aliphatic hydroxyl groups is 1. The Morgan fingerprint density at radius 3 is 2.60 bits per heavy atom. The summed E-state index contributed by atoms with van der Waals surface area (Å²) in [5, 5.41) is 10.1. The zero-order valence-electron chi connectivity index (χ0n) is 15.8. The van der Waals surface area contributed by atoms with Crippen LogP contribution in [0, 0.1) is 40.4 Å². The number of carbonyl (C=O) groups is 2. The Bertz CT molecular complexity index is 586. The molecule has 4 heteroatoms. The molecular formula is C21H32O4. The van der Waals surface area contributed by atoms with Crippen LogP contribution in [0.25, 0.3) is 0 Å². The minimum Gasteiger partial charge on any atom is -0.469 e. The first-order chi connectivity index (χ1) is 11.8. The Morgan fingerprint density at radius 2 is 1.88 bits per heavy atom. The first-order valence-electron chi connectivity index (χ1n) is 10.1. The zero-order valence-corrected chi connectivity index (χ0v) is 15.8. The van der Waals surface area contributed by atoms with Gasteiger partial charge >= 0.3 is 5.97 Å². The predicted molar refractivity (Wildman–Crippen MR) is 93.6 cm³/mol. The zero-order chi connectivity index (χ0) is 18.0. The molecule has 4 saturated carbocycles. The van der Waals surface area contributed by atoms with Gasteiger partial charge < -0.3 is 9.84 Å². The van der Waals surface area contributed by atoms with Gasteiger partial charge in [0, 0.05) is 12.3 Å². The van der Waals surface area contributed by atoms with Gasteiger partial charge in [-0.2, -0.15) is 0 Å². The second-order valence-corrected chi connectivity index (χ2v) is 9.76. The van der Waals surface area contributed by atoms with Crippen molar-refractivity contribution < 1.29 is 19.4 Å². The highest BCUT2D eigenvalue weighted by molar-refractivity contribution is 5.86. The average molecular weight is 348 g/mol. The number of aliphatic hydroxyl groups excluding tert-OH is 1. The van der Waals surface area contributed by atoms with E-state index in [4.69, 9.17) is 4.74 Å². The van der Waals surface area contributed by atoms with Crippen LogP contribution in [0.5, 0.6) is 0 Å². The molecule has 0 aromatic heterocycles. The molecule has 0 aromatic rings. The van der Waals surface area contributed by atoms with Gasteiger partial charge in [0.15, 0.2) is 0 Å². The molecule has 1 N–H and O–H groups in total. The number of Topliss-reactive ketones (excluding diaryl/α,β-unsaturated/α-hetero) is 1. The summed E-state index contributed by atoms with van der Waals surface area (Å²) in [5.41, 5.74) is -0.174. The van der Waals surface area contributed by atoms with Crippen molar-refractivity contribution in [2.75, 3.05) is 7.11 Å². The predicted octanol–water partition coefficient (Wildman–Crippen LogP) is 3.36. The summed E-state index contributed by atoms with van der Waals surface area (Å²) >= 11 is 0. The maximum atomic E-state index is 13.4. The van der Waals surface area contributed by atoms with Crippen molar-refractivity contribution in [2.24, 2.45) is 40.4 Å². The fourth-order valence-corrected chi connectivity index (χ4v) is 7.58. The van der Waals surface area contributed by atoms with Crippen molar-refractivity contribution in [3.63, 3.8) is 0 Å². The van der Waals surface area contributed by atoms with Crippen LogP contribution in [0.2, 0.25) is 0 Å². The second kappa shape index (κ2) is 5.80. The van der Waals surface area contributed by atoms with Crippen molar-refractivity contribution in [1.82, 2.24) is 0 Å². The van der Waals surface area contributed by atoms with E-state index in [1.165, 1.54) is 7.11 Å². The summed E-state index contributed by atoms with van der Waals surface area (Å²) < 4.78 is 5.06. The molecule has 0 heterocycles. The van der Waals surface area contributed by atoms with Gasteiger partial charge in [0.1, 0.15) is 5.78 Å². The molecular weight excluding hydrogens is 316 g/mol. The molecule has 140 valence electrons. The number of carbonyl (C=O) groups excluding carboxylic acids is 2. The van der Waals surface area contributed by atoms with E-state index in [1.54, 1.807) is 0 Å². The lowest BCUT2D eigenvalue weighted by molar-refractivity contribution is -0.166. The number of hydrogen-bond donors (Lipinski definition) is 1. The van der Waals surface area contributed by atoms with Crippen molar-refractivity contribution in [1.29, 1.82) is 0 Å². The Labute approximate surface area is 150 Å². The van der Waals surface area contributed by atoms with E-state index in [1.807, 2.05) is 0 Å². The van der Waals surface area contributed by atoms with Crippen LogP contribution in [0.1, 0.15) is 65.2 Å². The van der Waals surface area contributed by atoms with Gasteiger partial charge in [-0.15, -0.1) is 0 Å². The Morgan fingerprint density at radius 1 is 1.12 bits per heavy atom. The van der Waals surface area contributed by atoms with Crippen LogP contribution in [0.4, 0.5) is 0 Å². The molecule has 4 aliphatic carbocycles. The third-order valence-corrected chi connectivity index (χ3v) is 8.81. The minimum atomic E-state index is -0.220. The maximum absolute atomic E-state index is 13.4. The van der Waals surface area contributed by atoms with Crippen LogP contribution >= 0.6 is 0 Å². The molecule has 0 aromatic carbocycles. The van der Waals surface area contributed by atoms with Crippen LogP contribution < -0.4 is 0 Å². The largest absolute Gasteiger partial charge is 0.469 e. The molecule has 4 aliphatic rings. The van der Waals surface area contributed by atoms with Gasteiger partial charge in [0.25, 0.3) is 0 Å². The molecule has 0 amide bonds. The van der Waals surface area contributed by atoms with Gasteiger partial charge in [0.2, 0.25) is 0 Å². The summed E-state index contributed by atoms with van der Waals surface area (Å²) in [4.78, 5) is 25.7.